The van der Waals surface area contributed by atoms with Gasteiger partial charge in [-0.3, -0.25) is 4.57 Å². The first kappa shape index (κ1) is 21.1. The molecular weight excluding hydrogens is 430 g/mol. The van der Waals surface area contributed by atoms with E-state index in [9.17, 15) is 0 Å². The highest BCUT2D eigenvalue weighted by Crippen LogP contribution is 2.30. The fourth-order valence-electron chi connectivity index (χ4n) is 4.71. The van der Waals surface area contributed by atoms with Gasteiger partial charge in [0.25, 0.3) is 0 Å². The van der Waals surface area contributed by atoms with Crippen molar-refractivity contribution >= 4 is 33.3 Å². The van der Waals surface area contributed by atoms with Gasteiger partial charge in [-0.1, -0.05) is 72.8 Å². The summed E-state index contributed by atoms with van der Waals surface area (Å²) in [4.78, 5) is 4.84. The molecule has 2 heterocycles. The number of para-hydroxylation sites is 1. The Labute approximate surface area is 204 Å². The molecule has 2 aromatic heterocycles. The maximum Gasteiger partial charge on any atom is 0.160 e. The topological polar surface area (TPSA) is 55.6 Å². The van der Waals surface area contributed by atoms with Gasteiger partial charge in [0.05, 0.1) is 22.4 Å². The zero-order valence-electron chi connectivity index (χ0n) is 19.7. The fraction of sp³-hybridized carbons (Fsp3) is 0.100. The average Bonchev–Trinajstić information content (AvgIpc) is 3.21. The van der Waals surface area contributed by atoms with Gasteiger partial charge in [-0.05, 0) is 49.2 Å². The molecule has 0 aliphatic rings. The Morgan fingerprint density at radius 1 is 0.743 bits per heavy atom. The van der Waals surface area contributed by atoms with Crippen molar-refractivity contribution in [2.45, 2.75) is 20.3 Å². The van der Waals surface area contributed by atoms with E-state index in [4.69, 9.17) is 4.98 Å². The van der Waals surface area contributed by atoms with Crippen LogP contribution in [0.25, 0.3) is 27.5 Å². The van der Waals surface area contributed by atoms with Crippen molar-refractivity contribution in [2.75, 3.05) is 5.32 Å². The van der Waals surface area contributed by atoms with Gasteiger partial charge in [-0.25, -0.2) is 4.98 Å². The number of imidazole rings is 1. The molecule has 0 aliphatic heterocycles. The summed E-state index contributed by atoms with van der Waals surface area (Å²) in [6, 6.07) is 33.3. The highest BCUT2D eigenvalue weighted by molar-refractivity contribution is 5.95. The Balaban J connectivity index is 1.37. The lowest BCUT2D eigenvalue weighted by molar-refractivity contribution is 0.962. The van der Waals surface area contributed by atoms with Crippen LogP contribution in [-0.4, -0.2) is 19.7 Å². The SMILES string of the molecule is Cc1ccccc1-n1c(C)nc2cc(Nc3nnc(Cc4ccccc4)c4ccccc34)ccc21. The first-order valence-electron chi connectivity index (χ1n) is 11.8. The van der Waals surface area contributed by atoms with Crippen molar-refractivity contribution < 1.29 is 0 Å². The number of nitrogens with one attached hydrogen (secondary N) is 1. The summed E-state index contributed by atoms with van der Waals surface area (Å²) in [6.45, 7) is 4.17. The van der Waals surface area contributed by atoms with Crippen molar-refractivity contribution in [3.8, 4) is 5.69 Å². The second-order valence-electron chi connectivity index (χ2n) is 8.81. The number of aromatic nitrogens is 4. The highest BCUT2D eigenvalue weighted by atomic mass is 15.2. The first-order chi connectivity index (χ1) is 17.2. The van der Waals surface area contributed by atoms with Crippen LogP contribution in [0.5, 0.6) is 0 Å². The molecule has 0 spiro atoms. The van der Waals surface area contributed by atoms with Crippen molar-refractivity contribution in [1.29, 1.82) is 0 Å². The van der Waals surface area contributed by atoms with E-state index < -0.39 is 0 Å². The van der Waals surface area contributed by atoms with Crippen LogP contribution in [0, 0.1) is 13.8 Å². The minimum atomic E-state index is 0.742. The molecular formula is C30H25N5. The van der Waals surface area contributed by atoms with Gasteiger partial charge in [0.1, 0.15) is 5.82 Å². The average molecular weight is 456 g/mol. The minimum Gasteiger partial charge on any atom is -0.338 e. The quantitative estimate of drug-likeness (QED) is 0.307. The predicted octanol–water partition coefficient (Wildman–Crippen LogP) is 6.92. The lowest BCUT2D eigenvalue weighted by Gasteiger charge is -2.12. The summed E-state index contributed by atoms with van der Waals surface area (Å²) in [7, 11) is 0. The molecule has 6 rings (SSSR count). The number of nitrogens with zero attached hydrogens (tertiary/aromatic N) is 4. The van der Waals surface area contributed by atoms with Crippen LogP contribution in [0.15, 0.2) is 97.1 Å². The summed E-state index contributed by atoms with van der Waals surface area (Å²) in [5.74, 6) is 1.70. The molecule has 0 bridgehead atoms. The van der Waals surface area contributed by atoms with E-state index in [1.54, 1.807) is 0 Å². The Hall–Kier alpha value is -4.51. The van der Waals surface area contributed by atoms with E-state index in [0.29, 0.717) is 0 Å². The van der Waals surface area contributed by atoms with Gasteiger partial charge < -0.3 is 5.32 Å². The van der Waals surface area contributed by atoms with Gasteiger partial charge in [0.15, 0.2) is 5.82 Å². The molecule has 0 amide bonds. The maximum absolute atomic E-state index is 4.84. The van der Waals surface area contributed by atoms with Gasteiger partial charge in [-0.15, -0.1) is 5.10 Å². The largest absolute Gasteiger partial charge is 0.338 e. The molecule has 0 radical (unpaired) electrons. The first-order valence-corrected chi connectivity index (χ1v) is 11.8. The van der Waals surface area contributed by atoms with Crippen molar-refractivity contribution in [3.63, 3.8) is 0 Å². The highest BCUT2D eigenvalue weighted by Gasteiger charge is 2.13. The normalized spacial score (nSPS) is 11.3. The summed E-state index contributed by atoms with van der Waals surface area (Å²) in [5.41, 5.74) is 7.51. The van der Waals surface area contributed by atoms with Crippen LogP contribution >= 0.6 is 0 Å². The predicted molar refractivity (Wildman–Crippen MR) is 143 cm³/mol. The summed E-state index contributed by atoms with van der Waals surface area (Å²) in [5, 5.41) is 14.8. The van der Waals surface area contributed by atoms with E-state index in [2.05, 4.69) is 112 Å². The third-order valence-corrected chi connectivity index (χ3v) is 6.42. The molecule has 5 nitrogen and oxygen atoms in total. The molecule has 6 aromatic rings. The minimum absolute atomic E-state index is 0.742. The molecule has 0 aliphatic carbocycles. The number of anilines is 2. The Kier molecular flexibility index (Phi) is 5.23. The summed E-state index contributed by atoms with van der Waals surface area (Å²) < 4.78 is 2.21. The van der Waals surface area contributed by atoms with Gasteiger partial charge >= 0.3 is 0 Å². The van der Waals surface area contributed by atoms with Crippen LogP contribution in [0.4, 0.5) is 11.5 Å². The molecule has 4 aromatic carbocycles. The third kappa shape index (κ3) is 3.91. The van der Waals surface area contributed by atoms with E-state index in [1.165, 1.54) is 11.1 Å². The number of rotatable bonds is 5. The van der Waals surface area contributed by atoms with Crippen molar-refractivity contribution in [2.24, 2.45) is 0 Å². The molecule has 0 unspecified atom stereocenters. The van der Waals surface area contributed by atoms with Gasteiger partial charge in [0.2, 0.25) is 0 Å². The lowest BCUT2D eigenvalue weighted by atomic mass is 10.0. The van der Waals surface area contributed by atoms with Crippen LogP contribution in [0.1, 0.15) is 22.6 Å². The number of benzene rings is 4. The molecule has 0 fully saturated rings. The Bertz CT molecular complexity index is 1670. The Morgan fingerprint density at radius 3 is 2.31 bits per heavy atom. The molecule has 170 valence electrons. The maximum atomic E-state index is 4.84. The molecule has 0 saturated heterocycles. The monoisotopic (exact) mass is 455 g/mol. The van der Waals surface area contributed by atoms with Crippen molar-refractivity contribution in [1.82, 2.24) is 19.7 Å². The van der Waals surface area contributed by atoms with Gasteiger partial charge in [-0.2, -0.15) is 5.10 Å². The number of fused-ring (bicyclic) bond motifs is 2. The van der Waals surface area contributed by atoms with Crippen LogP contribution in [-0.2, 0) is 6.42 Å². The molecule has 0 saturated carbocycles. The van der Waals surface area contributed by atoms with Crippen molar-refractivity contribution in [3.05, 3.63) is 120 Å². The lowest BCUT2D eigenvalue weighted by Crippen LogP contribution is -2.02. The van der Waals surface area contributed by atoms with E-state index in [0.717, 1.165) is 56.9 Å². The fourth-order valence-corrected chi connectivity index (χ4v) is 4.71. The molecule has 35 heavy (non-hydrogen) atoms. The second-order valence-corrected chi connectivity index (χ2v) is 8.81. The van der Waals surface area contributed by atoms with Crippen LogP contribution in [0.3, 0.4) is 0 Å². The van der Waals surface area contributed by atoms with E-state index in [1.807, 2.05) is 19.1 Å². The molecule has 1 N–H and O–H groups in total. The van der Waals surface area contributed by atoms with Crippen LogP contribution < -0.4 is 5.32 Å². The van der Waals surface area contributed by atoms with Crippen LogP contribution in [0.2, 0.25) is 0 Å². The number of aryl methyl sites for hydroxylation is 2. The van der Waals surface area contributed by atoms with Gasteiger partial charge in [0, 0.05) is 22.9 Å². The molecule has 0 atom stereocenters. The van der Waals surface area contributed by atoms with E-state index in [-0.39, 0.29) is 0 Å². The summed E-state index contributed by atoms with van der Waals surface area (Å²) >= 11 is 0. The zero-order chi connectivity index (χ0) is 23.8. The zero-order valence-corrected chi connectivity index (χ0v) is 19.7. The third-order valence-electron chi connectivity index (χ3n) is 6.42. The Morgan fingerprint density at radius 2 is 1.49 bits per heavy atom. The standard InChI is InChI=1S/C30H25N5/c1-20-10-6-9-15-28(20)35-21(2)31-27-19-23(16-17-29(27)35)32-30-25-14-8-7-13-24(25)26(33-34-30)18-22-11-4-3-5-12-22/h3-17,19H,18H2,1-2H3,(H,32,34). The molecule has 5 heteroatoms. The number of hydrogen-bond donors (Lipinski definition) is 1. The smallest absolute Gasteiger partial charge is 0.160 e. The second kappa shape index (κ2) is 8.69. The summed E-state index contributed by atoms with van der Waals surface area (Å²) in [6.07, 6.45) is 0.746. The van der Waals surface area contributed by atoms with E-state index >= 15 is 0 Å². The number of hydrogen-bond acceptors (Lipinski definition) is 4.